The predicted molar refractivity (Wildman–Crippen MR) is 92.3 cm³/mol. The van der Waals surface area contributed by atoms with Gasteiger partial charge in [-0.25, -0.2) is 0 Å². The number of rotatable bonds is 5. The van der Waals surface area contributed by atoms with Gasteiger partial charge in [0, 0.05) is 30.0 Å². The zero-order valence-electron chi connectivity index (χ0n) is 12.9. The molecule has 5 heteroatoms. The minimum Gasteiger partial charge on any atom is -0.454 e. The van der Waals surface area contributed by atoms with Gasteiger partial charge in [0.25, 0.3) is 0 Å². The molecule has 4 nitrogen and oxygen atoms in total. The van der Waals surface area contributed by atoms with Crippen LogP contribution in [0.4, 0.5) is 0 Å². The van der Waals surface area contributed by atoms with Gasteiger partial charge in [-0.3, -0.25) is 0 Å². The van der Waals surface area contributed by atoms with E-state index >= 15 is 0 Å². The summed E-state index contributed by atoms with van der Waals surface area (Å²) in [4.78, 5) is 0. The molecule has 4 rings (SSSR count). The van der Waals surface area contributed by atoms with Crippen molar-refractivity contribution in [1.29, 1.82) is 0 Å². The van der Waals surface area contributed by atoms with E-state index in [4.69, 9.17) is 9.47 Å². The van der Waals surface area contributed by atoms with Crippen molar-refractivity contribution >= 4 is 21.6 Å². The van der Waals surface area contributed by atoms with E-state index in [0.29, 0.717) is 6.79 Å². The molecule has 0 radical (unpaired) electrons. The number of para-hydroxylation sites is 1. The Bertz CT molecular complexity index is 831. The van der Waals surface area contributed by atoms with Gasteiger partial charge in [-0.2, -0.15) is 4.37 Å². The van der Waals surface area contributed by atoms with E-state index in [1.54, 1.807) is 11.5 Å². The molecule has 3 aromatic rings. The van der Waals surface area contributed by atoms with Gasteiger partial charge >= 0.3 is 0 Å². The summed E-state index contributed by atoms with van der Waals surface area (Å²) in [7, 11) is 0. The van der Waals surface area contributed by atoms with Crippen molar-refractivity contribution in [2.45, 2.75) is 19.4 Å². The van der Waals surface area contributed by atoms with Crippen LogP contribution >= 0.6 is 11.5 Å². The molecular weight excluding hydrogens is 308 g/mol. The first-order chi connectivity index (χ1) is 11.3. The van der Waals surface area contributed by atoms with Gasteiger partial charge in [0.05, 0.1) is 10.4 Å². The highest BCUT2D eigenvalue weighted by Crippen LogP contribution is 2.38. The normalized spacial score (nSPS) is 14.3. The van der Waals surface area contributed by atoms with Crippen LogP contribution in [-0.4, -0.2) is 17.7 Å². The lowest BCUT2D eigenvalue weighted by atomic mass is 10.1. The molecule has 0 saturated carbocycles. The second-order valence-corrected chi connectivity index (χ2v) is 6.44. The van der Waals surface area contributed by atoms with Crippen LogP contribution in [0.5, 0.6) is 11.5 Å². The van der Waals surface area contributed by atoms with Crippen LogP contribution in [0.3, 0.4) is 0 Å². The highest BCUT2D eigenvalue weighted by molar-refractivity contribution is 7.13. The van der Waals surface area contributed by atoms with Gasteiger partial charge in [0.1, 0.15) is 0 Å². The fourth-order valence-electron chi connectivity index (χ4n) is 2.93. The summed E-state index contributed by atoms with van der Waals surface area (Å²) >= 11 is 1.57. The van der Waals surface area contributed by atoms with Crippen molar-refractivity contribution in [3.8, 4) is 11.5 Å². The van der Waals surface area contributed by atoms with Crippen molar-refractivity contribution in [2.24, 2.45) is 0 Å². The molecule has 0 amide bonds. The maximum atomic E-state index is 5.59. The molecule has 0 spiro atoms. The number of benzene rings is 2. The minimum absolute atomic E-state index is 0.205. The molecular formula is C18H18N2O2S. The van der Waals surface area contributed by atoms with Gasteiger partial charge in [-0.1, -0.05) is 30.3 Å². The van der Waals surface area contributed by atoms with Gasteiger partial charge in [-0.15, -0.1) is 0 Å². The topological polar surface area (TPSA) is 43.4 Å². The second-order valence-electron chi connectivity index (χ2n) is 5.63. The number of fused-ring (bicyclic) bond motifs is 2. The van der Waals surface area contributed by atoms with Gasteiger partial charge < -0.3 is 14.8 Å². The van der Waals surface area contributed by atoms with Crippen LogP contribution in [-0.2, 0) is 6.42 Å². The molecule has 0 saturated heterocycles. The van der Waals surface area contributed by atoms with E-state index < -0.39 is 0 Å². The summed E-state index contributed by atoms with van der Waals surface area (Å²) in [5.74, 6) is 1.70. The molecule has 0 bridgehead atoms. The standard InChI is InChI=1S/C18H18N2O2S/c1-12(13-6-4-7-16-18(13)22-11-21-16)19-10-9-15-14-5-2-3-8-17(14)23-20-15/h2-8,12,19H,9-11H2,1H3. The maximum absolute atomic E-state index is 5.59. The average molecular weight is 326 g/mol. The number of aromatic nitrogens is 1. The molecule has 2 heterocycles. The summed E-state index contributed by atoms with van der Waals surface area (Å²) < 4.78 is 16.9. The Balaban J connectivity index is 1.42. The van der Waals surface area contributed by atoms with E-state index in [9.17, 15) is 0 Å². The summed E-state index contributed by atoms with van der Waals surface area (Å²) in [5, 5.41) is 4.83. The van der Waals surface area contributed by atoms with Crippen LogP contribution in [0.2, 0.25) is 0 Å². The average Bonchev–Trinajstić information content (AvgIpc) is 3.21. The maximum Gasteiger partial charge on any atom is 0.231 e. The van der Waals surface area contributed by atoms with Crippen molar-refractivity contribution in [3.05, 3.63) is 53.7 Å². The Kier molecular flexibility index (Phi) is 3.89. The van der Waals surface area contributed by atoms with Crippen LogP contribution in [0.25, 0.3) is 10.1 Å². The number of ether oxygens (including phenoxy) is 2. The van der Waals surface area contributed by atoms with Crippen LogP contribution in [0.1, 0.15) is 24.2 Å². The van der Waals surface area contributed by atoms with E-state index in [1.807, 2.05) is 12.1 Å². The molecule has 2 aromatic carbocycles. The number of nitrogens with zero attached hydrogens (tertiary/aromatic N) is 1. The molecule has 0 fully saturated rings. The Labute approximate surface area is 139 Å². The highest BCUT2D eigenvalue weighted by Gasteiger charge is 2.20. The molecule has 1 atom stereocenters. The number of hydrogen-bond donors (Lipinski definition) is 1. The van der Waals surface area contributed by atoms with Crippen molar-refractivity contribution in [3.63, 3.8) is 0 Å². The Morgan fingerprint density at radius 1 is 1.17 bits per heavy atom. The summed E-state index contributed by atoms with van der Waals surface area (Å²) in [6.45, 7) is 3.33. The highest BCUT2D eigenvalue weighted by atomic mass is 32.1. The van der Waals surface area contributed by atoms with Crippen molar-refractivity contribution in [2.75, 3.05) is 13.3 Å². The third-order valence-electron chi connectivity index (χ3n) is 4.16. The molecule has 1 N–H and O–H groups in total. The molecule has 118 valence electrons. The van der Waals surface area contributed by atoms with Crippen LogP contribution in [0, 0.1) is 0 Å². The van der Waals surface area contributed by atoms with E-state index in [2.05, 4.69) is 46.9 Å². The molecule has 1 unspecified atom stereocenters. The summed E-state index contributed by atoms with van der Waals surface area (Å²) in [6.07, 6.45) is 0.917. The van der Waals surface area contributed by atoms with Crippen LogP contribution < -0.4 is 14.8 Å². The zero-order valence-corrected chi connectivity index (χ0v) is 13.7. The first-order valence-electron chi connectivity index (χ1n) is 7.78. The van der Waals surface area contributed by atoms with Crippen molar-refractivity contribution in [1.82, 2.24) is 9.69 Å². The second kappa shape index (κ2) is 6.18. The smallest absolute Gasteiger partial charge is 0.231 e. The lowest BCUT2D eigenvalue weighted by Crippen LogP contribution is -2.21. The van der Waals surface area contributed by atoms with Crippen molar-refractivity contribution < 1.29 is 9.47 Å². The number of hydrogen-bond acceptors (Lipinski definition) is 5. The van der Waals surface area contributed by atoms with Gasteiger partial charge in [0.2, 0.25) is 6.79 Å². The molecule has 1 aromatic heterocycles. The van der Waals surface area contributed by atoms with E-state index in [0.717, 1.165) is 30.0 Å². The quantitative estimate of drug-likeness (QED) is 0.772. The fraction of sp³-hybridized carbons (Fsp3) is 0.278. The van der Waals surface area contributed by atoms with Gasteiger partial charge in [0.15, 0.2) is 11.5 Å². The molecule has 1 aliphatic rings. The minimum atomic E-state index is 0.205. The van der Waals surface area contributed by atoms with Gasteiger partial charge in [-0.05, 0) is 30.6 Å². The Morgan fingerprint density at radius 2 is 2.09 bits per heavy atom. The first-order valence-corrected chi connectivity index (χ1v) is 8.55. The Morgan fingerprint density at radius 3 is 3.04 bits per heavy atom. The molecule has 1 aliphatic heterocycles. The number of nitrogens with one attached hydrogen (secondary N) is 1. The zero-order chi connectivity index (χ0) is 15.6. The van der Waals surface area contributed by atoms with E-state index in [1.165, 1.54) is 15.8 Å². The lowest BCUT2D eigenvalue weighted by Gasteiger charge is -2.15. The Hall–Kier alpha value is -2.11. The SMILES string of the molecule is CC(NCCc1nsc2ccccc12)c1cccc2c1OCO2. The fourth-order valence-corrected chi connectivity index (χ4v) is 3.75. The molecule has 0 aliphatic carbocycles. The first kappa shape index (κ1) is 14.5. The largest absolute Gasteiger partial charge is 0.454 e. The summed E-state index contributed by atoms with van der Waals surface area (Å²) in [5.41, 5.74) is 2.31. The molecule has 23 heavy (non-hydrogen) atoms. The monoisotopic (exact) mass is 326 g/mol. The third-order valence-corrected chi connectivity index (χ3v) is 5.02. The predicted octanol–water partition coefficient (Wildman–Crippen LogP) is 3.92. The lowest BCUT2D eigenvalue weighted by molar-refractivity contribution is 0.173. The third kappa shape index (κ3) is 2.78. The van der Waals surface area contributed by atoms with Crippen LogP contribution in [0.15, 0.2) is 42.5 Å². The van der Waals surface area contributed by atoms with E-state index in [-0.39, 0.29) is 6.04 Å². The summed E-state index contributed by atoms with van der Waals surface area (Å²) in [6, 6.07) is 14.6.